The number of benzene rings is 1. The number of amides is 2. The number of anilines is 1. The van der Waals surface area contributed by atoms with E-state index in [9.17, 15) is 18.0 Å². The van der Waals surface area contributed by atoms with E-state index < -0.39 is 22.0 Å². The van der Waals surface area contributed by atoms with Gasteiger partial charge in [0.2, 0.25) is 15.9 Å². The Kier molecular flexibility index (Phi) is 4.33. The Hall–Kier alpha value is -1.97. The molecule has 2 aliphatic rings. The molecule has 2 bridgehead atoms. The monoisotopic (exact) mass is 353 g/mol. The summed E-state index contributed by atoms with van der Waals surface area (Å²) in [6.07, 6.45) is 2.11. The lowest BCUT2D eigenvalue weighted by Gasteiger charge is -2.32. The second kappa shape index (κ2) is 6.15. The first-order valence-corrected chi connectivity index (χ1v) is 9.13. The van der Waals surface area contributed by atoms with Crippen LogP contribution in [-0.4, -0.2) is 41.8 Å². The summed E-state index contributed by atoms with van der Waals surface area (Å²) < 4.78 is 27.2. The number of carbonyl (C=O) groups excluding carboxylic acids is 2. The molecule has 3 atom stereocenters. The summed E-state index contributed by atoms with van der Waals surface area (Å²) in [5.74, 6) is -1.02. The zero-order valence-corrected chi connectivity index (χ0v) is 13.9. The lowest BCUT2D eigenvalue weighted by Crippen LogP contribution is -2.52. The van der Waals surface area contributed by atoms with Crippen LogP contribution in [0.3, 0.4) is 0 Å². The fourth-order valence-electron chi connectivity index (χ4n) is 3.72. The number of sulfonamides is 1. The molecule has 0 spiro atoms. The van der Waals surface area contributed by atoms with Gasteiger partial charge in [0.05, 0.1) is 4.90 Å². The van der Waals surface area contributed by atoms with Gasteiger partial charge in [0.25, 0.3) is 5.91 Å². The lowest BCUT2D eigenvalue weighted by atomic mass is 10.00. The standard InChI is InChI=1S/C15H19N3O5S/c1-9(19)16-11-3-6-13(7-4-11)24(22,23)18-12-5-2-10(8-12)14(18)15(20)17-21/h3-4,6-7,10,12,14,21H,2,5,8H2,1H3,(H,16,19)(H,17,20)/t10?,12-,14+/m0/s1. The van der Waals surface area contributed by atoms with Gasteiger partial charge in [0.15, 0.2) is 0 Å². The van der Waals surface area contributed by atoms with Crippen LogP contribution in [0, 0.1) is 5.92 Å². The van der Waals surface area contributed by atoms with Gasteiger partial charge < -0.3 is 5.32 Å². The highest BCUT2D eigenvalue weighted by atomic mass is 32.2. The van der Waals surface area contributed by atoms with Crippen LogP contribution in [0.25, 0.3) is 0 Å². The first-order valence-electron chi connectivity index (χ1n) is 7.69. The van der Waals surface area contributed by atoms with E-state index in [1.54, 1.807) is 5.48 Å². The largest absolute Gasteiger partial charge is 0.326 e. The summed E-state index contributed by atoms with van der Waals surface area (Å²) in [4.78, 5) is 23.0. The maximum Gasteiger partial charge on any atom is 0.262 e. The topological polar surface area (TPSA) is 116 Å². The summed E-state index contributed by atoms with van der Waals surface area (Å²) in [6, 6.07) is 4.71. The van der Waals surface area contributed by atoms with Crippen molar-refractivity contribution in [3.8, 4) is 0 Å². The van der Waals surface area contributed by atoms with Crippen LogP contribution < -0.4 is 10.8 Å². The van der Waals surface area contributed by atoms with Gasteiger partial charge in [0.1, 0.15) is 6.04 Å². The minimum Gasteiger partial charge on any atom is -0.326 e. The highest BCUT2D eigenvalue weighted by molar-refractivity contribution is 7.89. The van der Waals surface area contributed by atoms with Crippen LogP contribution >= 0.6 is 0 Å². The Morgan fingerprint density at radius 3 is 2.46 bits per heavy atom. The number of nitrogens with one attached hydrogen (secondary N) is 2. The first kappa shape index (κ1) is 16.9. The Bertz CT molecular complexity index is 762. The van der Waals surface area contributed by atoms with E-state index in [4.69, 9.17) is 5.21 Å². The molecule has 2 amide bonds. The summed E-state index contributed by atoms with van der Waals surface area (Å²) in [5.41, 5.74) is 2.08. The Morgan fingerprint density at radius 1 is 1.21 bits per heavy atom. The smallest absolute Gasteiger partial charge is 0.262 e. The molecule has 1 saturated heterocycles. The van der Waals surface area contributed by atoms with E-state index in [1.165, 1.54) is 35.5 Å². The van der Waals surface area contributed by atoms with Crippen LogP contribution in [0.15, 0.2) is 29.2 Å². The molecule has 2 fully saturated rings. The molecule has 1 heterocycles. The SMILES string of the molecule is CC(=O)Nc1ccc(S(=O)(=O)N2[C@H]3CCC(C3)[C@@H]2C(=O)NO)cc1. The van der Waals surface area contributed by atoms with E-state index in [2.05, 4.69) is 5.32 Å². The van der Waals surface area contributed by atoms with Gasteiger partial charge in [0, 0.05) is 18.7 Å². The third kappa shape index (κ3) is 2.79. The number of hydrogen-bond acceptors (Lipinski definition) is 5. The van der Waals surface area contributed by atoms with Crippen molar-refractivity contribution in [3.05, 3.63) is 24.3 Å². The van der Waals surface area contributed by atoms with E-state index in [0.29, 0.717) is 18.5 Å². The number of piperidine rings is 1. The minimum absolute atomic E-state index is 0.0555. The molecule has 8 nitrogen and oxygen atoms in total. The van der Waals surface area contributed by atoms with Crippen LogP contribution in [0.4, 0.5) is 5.69 Å². The van der Waals surface area contributed by atoms with Crippen LogP contribution in [0.1, 0.15) is 26.2 Å². The van der Waals surface area contributed by atoms with Crippen molar-refractivity contribution >= 4 is 27.5 Å². The van der Waals surface area contributed by atoms with Crippen molar-refractivity contribution in [2.24, 2.45) is 5.92 Å². The molecule has 1 unspecified atom stereocenters. The molecule has 3 N–H and O–H groups in total. The van der Waals surface area contributed by atoms with Gasteiger partial charge in [-0.1, -0.05) is 0 Å². The number of hydrogen-bond donors (Lipinski definition) is 3. The number of fused-ring (bicyclic) bond motifs is 2. The third-order valence-electron chi connectivity index (χ3n) is 4.65. The lowest BCUT2D eigenvalue weighted by molar-refractivity contribution is -0.134. The summed E-state index contributed by atoms with van der Waals surface area (Å²) in [7, 11) is -3.87. The van der Waals surface area contributed by atoms with E-state index in [-0.39, 0.29) is 22.8 Å². The van der Waals surface area contributed by atoms with Gasteiger partial charge in [-0.2, -0.15) is 4.31 Å². The van der Waals surface area contributed by atoms with E-state index in [0.717, 1.165) is 6.42 Å². The fraction of sp³-hybridized carbons (Fsp3) is 0.467. The minimum atomic E-state index is -3.87. The van der Waals surface area contributed by atoms with Crippen molar-refractivity contribution < 1.29 is 23.2 Å². The zero-order valence-electron chi connectivity index (χ0n) is 13.1. The van der Waals surface area contributed by atoms with Crippen LogP contribution in [-0.2, 0) is 19.6 Å². The molecule has 1 aromatic carbocycles. The molecule has 3 rings (SSSR count). The Morgan fingerprint density at radius 2 is 1.88 bits per heavy atom. The average Bonchev–Trinajstić information content (AvgIpc) is 3.15. The fourth-order valence-corrected chi connectivity index (χ4v) is 5.60. The van der Waals surface area contributed by atoms with Crippen molar-refractivity contribution in [1.29, 1.82) is 0 Å². The first-order chi connectivity index (χ1) is 11.3. The predicted octanol–water partition coefficient (Wildman–Crippen LogP) is 0.692. The quantitative estimate of drug-likeness (QED) is 0.544. The molecular weight excluding hydrogens is 334 g/mol. The highest BCUT2D eigenvalue weighted by Gasteiger charge is 2.54. The van der Waals surface area contributed by atoms with Gasteiger partial charge in [-0.25, -0.2) is 13.9 Å². The van der Waals surface area contributed by atoms with E-state index in [1.807, 2.05) is 0 Å². The molecule has 1 aliphatic carbocycles. The van der Waals surface area contributed by atoms with Crippen molar-refractivity contribution in [2.75, 3.05) is 5.32 Å². The maximum absolute atomic E-state index is 13.0. The molecule has 0 radical (unpaired) electrons. The van der Waals surface area contributed by atoms with Gasteiger partial charge in [-0.15, -0.1) is 0 Å². The summed E-state index contributed by atoms with van der Waals surface area (Å²) >= 11 is 0. The van der Waals surface area contributed by atoms with Gasteiger partial charge in [-0.3, -0.25) is 14.8 Å². The second-order valence-electron chi connectivity index (χ2n) is 6.19. The van der Waals surface area contributed by atoms with E-state index >= 15 is 0 Å². The van der Waals surface area contributed by atoms with Crippen LogP contribution in [0.2, 0.25) is 0 Å². The molecule has 0 aromatic heterocycles. The molecule has 1 aromatic rings. The molecule has 24 heavy (non-hydrogen) atoms. The van der Waals surface area contributed by atoms with Crippen molar-refractivity contribution in [3.63, 3.8) is 0 Å². The average molecular weight is 353 g/mol. The van der Waals surface area contributed by atoms with Crippen molar-refractivity contribution in [2.45, 2.75) is 43.2 Å². The summed E-state index contributed by atoms with van der Waals surface area (Å²) in [6.45, 7) is 1.36. The van der Waals surface area contributed by atoms with Crippen LogP contribution in [0.5, 0.6) is 0 Å². The number of rotatable bonds is 4. The second-order valence-corrected chi connectivity index (χ2v) is 8.03. The number of carbonyl (C=O) groups is 2. The molecular formula is C15H19N3O5S. The van der Waals surface area contributed by atoms with Gasteiger partial charge >= 0.3 is 0 Å². The number of hydroxylamine groups is 1. The third-order valence-corrected chi connectivity index (χ3v) is 6.60. The highest BCUT2D eigenvalue weighted by Crippen LogP contribution is 2.45. The summed E-state index contributed by atoms with van der Waals surface area (Å²) in [5, 5.41) is 11.5. The van der Waals surface area contributed by atoms with Gasteiger partial charge in [-0.05, 0) is 49.4 Å². The van der Waals surface area contributed by atoms with Crippen molar-refractivity contribution in [1.82, 2.24) is 9.79 Å². The number of nitrogens with zero attached hydrogens (tertiary/aromatic N) is 1. The maximum atomic E-state index is 13.0. The predicted molar refractivity (Wildman–Crippen MR) is 84.6 cm³/mol. The molecule has 1 saturated carbocycles. The Labute approximate surface area is 139 Å². The molecule has 130 valence electrons. The normalized spacial score (nSPS) is 26.3. The zero-order chi connectivity index (χ0) is 17.5. The molecule has 1 aliphatic heterocycles. The molecule has 9 heteroatoms. The Balaban J connectivity index is 1.91.